The highest BCUT2D eigenvalue weighted by Gasteiger charge is 2.35. The molecule has 0 saturated carbocycles. The number of methoxy groups -OCH3 is 1. The average molecular weight is 450 g/mol. The van der Waals surface area contributed by atoms with Gasteiger partial charge in [0.25, 0.3) is 0 Å². The van der Waals surface area contributed by atoms with Gasteiger partial charge >= 0.3 is 0 Å². The van der Waals surface area contributed by atoms with Crippen LogP contribution in [0.5, 0.6) is 5.75 Å². The van der Waals surface area contributed by atoms with Gasteiger partial charge in [-0.05, 0) is 48.7 Å². The van der Waals surface area contributed by atoms with Gasteiger partial charge in [-0.3, -0.25) is 9.59 Å². The summed E-state index contributed by atoms with van der Waals surface area (Å²) in [5.41, 5.74) is 6.43. The maximum Gasteiger partial charge on any atom is 0.246 e. The second-order valence-corrected chi connectivity index (χ2v) is 9.23. The van der Waals surface area contributed by atoms with Gasteiger partial charge in [0.1, 0.15) is 16.5 Å². The zero-order valence-corrected chi connectivity index (χ0v) is 17.8. The Morgan fingerprint density at radius 1 is 1.23 bits per heavy atom. The molecule has 2 aromatic carbocycles. The molecule has 0 radical (unpaired) electrons. The lowest BCUT2D eigenvalue weighted by atomic mass is 9.98. The van der Waals surface area contributed by atoms with E-state index in [2.05, 4.69) is 5.32 Å². The molecule has 0 bridgehead atoms. The lowest BCUT2D eigenvalue weighted by Crippen LogP contribution is -2.43. The van der Waals surface area contributed by atoms with Crippen LogP contribution in [0, 0.1) is 11.7 Å². The zero-order valence-electron chi connectivity index (χ0n) is 17.0. The third-order valence-electron chi connectivity index (χ3n) is 5.10. The van der Waals surface area contributed by atoms with E-state index in [4.69, 9.17) is 10.5 Å². The first-order valence-corrected chi connectivity index (χ1v) is 11.2. The first-order valence-electron chi connectivity index (χ1n) is 9.72. The standard InChI is InChI=1S/C21H24FN3O5S/c1-30-18-9-6-16(22)12-19(18)31(28,29)25-10-2-3-15(13-25)21(27)24-17-7-4-14(5-8-17)11-20(23)26/h4-9,12,15H,2-3,10-11,13H2,1H3,(H2,23,26)(H,24,27). The molecule has 2 aromatic rings. The Bertz CT molecular complexity index is 1070. The van der Waals surface area contributed by atoms with E-state index in [9.17, 15) is 22.4 Å². The number of piperidine rings is 1. The number of carbonyl (C=O) groups excluding carboxylic acids is 2. The maximum atomic E-state index is 13.7. The molecule has 1 aliphatic rings. The Kier molecular flexibility index (Phi) is 6.91. The number of sulfonamides is 1. The van der Waals surface area contributed by atoms with Crippen LogP contribution in [0.25, 0.3) is 0 Å². The van der Waals surface area contributed by atoms with Crippen molar-refractivity contribution < 1.29 is 27.1 Å². The number of rotatable bonds is 7. The molecule has 3 rings (SSSR count). The average Bonchev–Trinajstić information content (AvgIpc) is 2.74. The van der Waals surface area contributed by atoms with Gasteiger partial charge in [-0.1, -0.05) is 12.1 Å². The van der Waals surface area contributed by atoms with Crippen molar-refractivity contribution in [2.75, 3.05) is 25.5 Å². The quantitative estimate of drug-likeness (QED) is 0.669. The maximum absolute atomic E-state index is 13.7. The van der Waals surface area contributed by atoms with Crippen molar-refractivity contribution >= 4 is 27.5 Å². The summed E-state index contributed by atoms with van der Waals surface area (Å²) in [6.45, 7) is 0.210. The van der Waals surface area contributed by atoms with Gasteiger partial charge in [0.05, 0.1) is 19.4 Å². The highest BCUT2D eigenvalue weighted by molar-refractivity contribution is 7.89. The van der Waals surface area contributed by atoms with Crippen LogP contribution < -0.4 is 15.8 Å². The molecule has 2 amide bonds. The van der Waals surface area contributed by atoms with Crippen LogP contribution in [0.4, 0.5) is 10.1 Å². The molecule has 1 aliphatic heterocycles. The molecule has 0 aliphatic carbocycles. The molecule has 1 atom stereocenters. The molecule has 1 fully saturated rings. The number of hydrogen-bond donors (Lipinski definition) is 2. The Morgan fingerprint density at radius 3 is 2.58 bits per heavy atom. The van der Waals surface area contributed by atoms with Gasteiger partial charge in [-0.15, -0.1) is 0 Å². The normalized spacial score (nSPS) is 17.2. The molecule has 0 spiro atoms. The number of nitrogens with zero attached hydrogens (tertiary/aromatic N) is 1. The topological polar surface area (TPSA) is 119 Å². The second kappa shape index (κ2) is 9.44. The second-order valence-electron chi connectivity index (χ2n) is 7.33. The van der Waals surface area contributed by atoms with E-state index in [1.807, 2.05) is 0 Å². The smallest absolute Gasteiger partial charge is 0.246 e. The highest BCUT2D eigenvalue weighted by Crippen LogP contribution is 2.30. The fraction of sp³-hybridized carbons (Fsp3) is 0.333. The van der Waals surface area contributed by atoms with Crippen LogP contribution in [0.1, 0.15) is 18.4 Å². The van der Waals surface area contributed by atoms with E-state index in [1.54, 1.807) is 24.3 Å². The molecule has 8 nitrogen and oxygen atoms in total. The Balaban J connectivity index is 1.72. The summed E-state index contributed by atoms with van der Waals surface area (Å²) in [5.74, 6) is -1.97. The molecule has 10 heteroatoms. The van der Waals surface area contributed by atoms with E-state index in [0.717, 1.165) is 17.7 Å². The first-order chi connectivity index (χ1) is 14.7. The zero-order chi connectivity index (χ0) is 22.6. The monoisotopic (exact) mass is 449 g/mol. The summed E-state index contributed by atoms with van der Waals surface area (Å²) in [6, 6.07) is 10.0. The molecular formula is C21H24FN3O5S. The predicted molar refractivity (Wildman–Crippen MR) is 112 cm³/mol. The number of nitrogens with one attached hydrogen (secondary N) is 1. The van der Waals surface area contributed by atoms with Crippen molar-refractivity contribution in [3.63, 3.8) is 0 Å². The van der Waals surface area contributed by atoms with Crippen molar-refractivity contribution in [1.82, 2.24) is 4.31 Å². The third kappa shape index (κ3) is 5.39. The Labute approximate surface area is 180 Å². The fourth-order valence-electron chi connectivity index (χ4n) is 3.52. The summed E-state index contributed by atoms with van der Waals surface area (Å²) in [4.78, 5) is 23.4. The SMILES string of the molecule is COc1ccc(F)cc1S(=O)(=O)N1CCCC(C(=O)Nc2ccc(CC(N)=O)cc2)C1. The van der Waals surface area contributed by atoms with Gasteiger partial charge in [-0.25, -0.2) is 12.8 Å². The number of halogens is 1. The van der Waals surface area contributed by atoms with Crippen LogP contribution in [0.2, 0.25) is 0 Å². The minimum absolute atomic E-state index is 0.0202. The summed E-state index contributed by atoms with van der Waals surface area (Å²) >= 11 is 0. The van der Waals surface area contributed by atoms with Crippen LogP contribution in [-0.4, -0.2) is 44.7 Å². The largest absolute Gasteiger partial charge is 0.495 e. The highest BCUT2D eigenvalue weighted by atomic mass is 32.2. The van der Waals surface area contributed by atoms with E-state index in [0.29, 0.717) is 18.5 Å². The lowest BCUT2D eigenvalue weighted by molar-refractivity contribution is -0.121. The summed E-state index contributed by atoms with van der Waals surface area (Å²) in [5, 5.41) is 2.77. The van der Waals surface area contributed by atoms with Crippen molar-refractivity contribution in [1.29, 1.82) is 0 Å². The number of anilines is 1. The molecular weight excluding hydrogens is 425 g/mol. The summed E-state index contributed by atoms with van der Waals surface area (Å²) < 4.78 is 46.1. The molecule has 3 N–H and O–H groups in total. The van der Waals surface area contributed by atoms with Gasteiger partial charge in [0.15, 0.2) is 0 Å². The van der Waals surface area contributed by atoms with Gasteiger partial charge in [0, 0.05) is 18.8 Å². The molecule has 31 heavy (non-hydrogen) atoms. The lowest BCUT2D eigenvalue weighted by Gasteiger charge is -2.31. The summed E-state index contributed by atoms with van der Waals surface area (Å²) in [6.07, 6.45) is 1.12. The Hall–Kier alpha value is -2.98. The first kappa shape index (κ1) is 22.7. The molecule has 1 unspecified atom stereocenters. The molecule has 1 heterocycles. The van der Waals surface area contributed by atoms with Crippen molar-refractivity contribution in [2.24, 2.45) is 11.7 Å². The number of nitrogens with two attached hydrogens (primary N) is 1. The number of ether oxygens (including phenoxy) is 1. The van der Waals surface area contributed by atoms with E-state index < -0.39 is 27.7 Å². The Morgan fingerprint density at radius 2 is 1.94 bits per heavy atom. The molecule has 1 saturated heterocycles. The summed E-state index contributed by atoms with van der Waals surface area (Å²) in [7, 11) is -2.73. The number of amides is 2. The van der Waals surface area contributed by atoms with Crippen LogP contribution in [0.15, 0.2) is 47.4 Å². The minimum atomic E-state index is -4.04. The van der Waals surface area contributed by atoms with Crippen LogP contribution in [-0.2, 0) is 26.0 Å². The third-order valence-corrected chi connectivity index (χ3v) is 6.98. The molecule has 0 aromatic heterocycles. The number of benzene rings is 2. The minimum Gasteiger partial charge on any atom is -0.495 e. The van der Waals surface area contributed by atoms with Crippen LogP contribution >= 0.6 is 0 Å². The van der Waals surface area contributed by atoms with E-state index in [-0.39, 0.29) is 36.1 Å². The van der Waals surface area contributed by atoms with E-state index >= 15 is 0 Å². The molecule has 166 valence electrons. The van der Waals surface area contributed by atoms with Crippen molar-refractivity contribution in [3.8, 4) is 5.75 Å². The van der Waals surface area contributed by atoms with E-state index in [1.165, 1.54) is 17.5 Å². The fourth-order valence-corrected chi connectivity index (χ4v) is 5.21. The van der Waals surface area contributed by atoms with Crippen molar-refractivity contribution in [2.45, 2.75) is 24.2 Å². The number of hydrogen-bond acceptors (Lipinski definition) is 5. The van der Waals surface area contributed by atoms with Crippen LogP contribution in [0.3, 0.4) is 0 Å². The van der Waals surface area contributed by atoms with Crippen molar-refractivity contribution in [3.05, 3.63) is 53.8 Å². The van der Waals surface area contributed by atoms with Gasteiger partial charge < -0.3 is 15.8 Å². The van der Waals surface area contributed by atoms with Gasteiger partial charge in [0.2, 0.25) is 21.8 Å². The number of primary amides is 1. The number of carbonyl (C=O) groups is 2. The van der Waals surface area contributed by atoms with Gasteiger partial charge in [-0.2, -0.15) is 4.31 Å². The predicted octanol–water partition coefficient (Wildman–Crippen LogP) is 1.90.